The van der Waals surface area contributed by atoms with Crippen molar-refractivity contribution in [3.8, 4) is 34.5 Å². The Morgan fingerprint density at radius 1 is 0.436 bits per heavy atom. The van der Waals surface area contributed by atoms with Gasteiger partial charge in [-0.15, -0.1) is 10.2 Å². The molecule has 0 bridgehead atoms. The zero-order valence-corrected chi connectivity index (χ0v) is 23.1. The summed E-state index contributed by atoms with van der Waals surface area (Å²) in [4.78, 5) is 0. The van der Waals surface area contributed by atoms with Gasteiger partial charge in [0.2, 0.25) is 0 Å². The Balaban J connectivity index is 1.76. The molecule has 39 heavy (non-hydrogen) atoms. The minimum atomic E-state index is 0.539. The lowest BCUT2D eigenvalue weighted by atomic mass is 9.95. The van der Waals surface area contributed by atoms with Crippen molar-refractivity contribution in [2.24, 2.45) is 0 Å². The first kappa shape index (κ1) is 27.5. The number of aromatic nitrogens is 3. The van der Waals surface area contributed by atoms with E-state index in [2.05, 4.69) is 15.4 Å². The Bertz CT molecular complexity index is 1350. The van der Waals surface area contributed by atoms with Crippen molar-refractivity contribution in [1.29, 1.82) is 0 Å². The van der Waals surface area contributed by atoms with Crippen molar-refractivity contribution in [2.75, 3.05) is 42.7 Å². The first-order valence-corrected chi connectivity index (χ1v) is 12.4. The Labute approximate surface area is 228 Å². The molecule has 0 aliphatic heterocycles. The van der Waals surface area contributed by atoms with E-state index in [1.54, 1.807) is 42.7 Å². The average Bonchev–Trinajstić information content (AvgIpc) is 2.98. The highest BCUT2D eigenvalue weighted by Crippen LogP contribution is 2.32. The monoisotopic (exact) mass is 531 g/mol. The molecule has 0 unspecified atom stereocenters. The molecule has 3 aromatic carbocycles. The van der Waals surface area contributed by atoms with Crippen LogP contribution in [0.25, 0.3) is 0 Å². The van der Waals surface area contributed by atoms with Gasteiger partial charge in [-0.2, -0.15) is 0 Å². The molecular weight excluding hydrogens is 498 g/mol. The Morgan fingerprint density at radius 3 is 1.10 bits per heavy atom. The first-order valence-electron chi connectivity index (χ1n) is 12.4. The molecule has 4 aromatic rings. The highest BCUT2D eigenvalue weighted by Gasteiger charge is 2.18. The lowest BCUT2D eigenvalue weighted by molar-refractivity contribution is 0.354. The third-order valence-corrected chi connectivity index (χ3v) is 6.50. The van der Waals surface area contributed by atoms with Crippen LogP contribution in [-0.2, 0) is 19.3 Å². The number of nitrogens with zero attached hydrogens (tertiary/aromatic N) is 3. The van der Waals surface area contributed by atoms with Crippen molar-refractivity contribution < 1.29 is 28.4 Å². The molecule has 4 rings (SSSR count). The molecule has 0 fully saturated rings. The number of hydrogen-bond acceptors (Lipinski definition) is 9. The predicted octanol–water partition coefficient (Wildman–Crippen LogP) is 4.70. The van der Waals surface area contributed by atoms with Crippen molar-refractivity contribution >= 4 is 0 Å². The van der Waals surface area contributed by atoms with Crippen LogP contribution in [0.4, 0.5) is 0 Å². The average molecular weight is 532 g/mol. The Morgan fingerprint density at radius 2 is 0.769 bits per heavy atom. The van der Waals surface area contributed by atoms with Crippen molar-refractivity contribution in [2.45, 2.75) is 19.3 Å². The maximum Gasteiger partial charge on any atom is 0.160 e. The molecule has 0 aliphatic carbocycles. The largest absolute Gasteiger partial charge is 0.493 e. The van der Waals surface area contributed by atoms with Crippen molar-refractivity contribution in [3.05, 3.63) is 88.2 Å². The van der Waals surface area contributed by atoms with Crippen LogP contribution in [0.1, 0.15) is 33.6 Å². The van der Waals surface area contributed by atoms with E-state index < -0.39 is 0 Å². The minimum absolute atomic E-state index is 0.539. The maximum absolute atomic E-state index is 5.54. The summed E-state index contributed by atoms with van der Waals surface area (Å²) in [5.41, 5.74) is 5.69. The number of rotatable bonds is 12. The van der Waals surface area contributed by atoms with E-state index in [1.807, 2.05) is 54.6 Å². The van der Waals surface area contributed by atoms with Crippen LogP contribution in [0, 0.1) is 0 Å². The molecule has 0 saturated heterocycles. The van der Waals surface area contributed by atoms with E-state index in [4.69, 9.17) is 28.4 Å². The second-order valence-electron chi connectivity index (χ2n) is 8.76. The maximum atomic E-state index is 5.54. The summed E-state index contributed by atoms with van der Waals surface area (Å²) < 4.78 is 32.8. The molecule has 0 spiro atoms. The zero-order valence-electron chi connectivity index (χ0n) is 23.1. The Kier molecular flexibility index (Phi) is 9.04. The van der Waals surface area contributed by atoms with Gasteiger partial charge in [0.25, 0.3) is 0 Å². The van der Waals surface area contributed by atoms with E-state index in [0.29, 0.717) is 53.8 Å². The number of ether oxygens (including phenoxy) is 6. The molecular formula is C30H33N3O6. The molecule has 0 atom stereocenters. The summed E-state index contributed by atoms with van der Waals surface area (Å²) in [6.07, 6.45) is 1.66. The van der Waals surface area contributed by atoms with Crippen LogP contribution >= 0.6 is 0 Å². The van der Waals surface area contributed by atoms with Gasteiger partial charge >= 0.3 is 0 Å². The SMILES string of the molecule is COc1ccc(Cc2nnnc(Cc3ccc(OC)c(OC)c3)c2Cc2ccc(OC)c(OC)c2)cc1OC. The van der Waals surface area contributed by atoms with Crippen molar-refractivity contribution in [1.82, 2.24) is 15.4 Å². The predicted molar refractivity (Wildman–Crippen MR) is 147 cm³/mol. The van der Waals surface area contributed by atoms with Gasteiger partial charge in [0.15, 0.2) is 34.5 Å². The fourth-order valence-electron chi connectivity index (χ4n) is 4.47. The topological polar surface area (TPSA) is 94.1 Å². The van der Waals surface area contributed by atoms with E-state index >= 15 is 0 Å². The number of methoxy groups -OCH3 is 6. The van der Waals surface area contributed by atoms with Crippen LogP contribution in [0.2, 0.25) is 0 Å². The summed E-state index contributed by atoms with van der Waals surface area (Å²) in [5.74, 6) is 3.98. The number of benzene rings is 3. The molecule has 204 valence electrons. The van der Waals surface area contributed by atoms with Gasteiger partial charge < -0.3 is 28.4 Å². The van der Waals surface area contributed by atoms with Crippen LogP contribution in [-0.4, -0.2) is 58.1 Å². The summed E-state index contributed by atoms with van der Waals surface area (Å²) >= 11 is 0. The normalized spacial score (nSPS) is 10.6. The van der Waals surface area contributed by atoms with Gasteiger partial charge in [0, 0.05) is 24.8 Å². The molecule has 1 aromatic heterocycles. The Hall–Kier alpha value is -4.53. The fourth-order valence-corrected chi connectivity index (χ4v) is 4.47. The molecule has 9 nitrogen and oxygen atoms in total. The van der Waals surface area contributed by atoms with Crippen molar-refractivity contribution in [3.63, 3.8) is 0 Å². The van der Waals surface area contributed by atoms with Gasteiger partial charge in [-0.3, -0.25) is 0 Å². The van der Waals surface area contributed by atoms with Gasteiger partial charge in [0.05, 0.1) is 54.0 Å². The summed E-state index contributed by atoms with van der Waals surface area (Å²) in [6, 6.07) is 17.6. The summed E-state index contributed by atoms with van der Waals surface area (Å²) in [6.45, 7) is 0. The quantitative estimate of drug-likeness (QED) is 0.258. The van der Waals surface area contributed by atoms with E-state index in [1.165, 1.54) is 0 Å². The van der Waals surface area contributed by atoms with E-state index in [0.717, 1.165) is 33.6 Å². The molecule has 0 aliphatic rings. The molecule has 1 heterocycles. The summed E-state index contributed by atoms with van der Waals surface area (Å²) in [5, 5.41) is 13.1. The van der Waals surface area contributed by atoms with Gasteiger partial charge in [0.1, 0.15) is 0 Å². The number of hydrogen-bond donors (Lipinski definition) is 0. The summed E-state index contributed by atoms with van der Waals surface area (Å²) in [7, 11) is 9.73. The minimum Gasteiger partial charge on any atom is -0.493 e. The third kappa shape index (κ3) is 6.31. The van der Waals surface area contributed by atoms with Gasteiger partial charge in [-0.1, -0.05) is 18.2 Å². The molecule has 0 N–H and O–H groups in total. The molecule has 0 amide bonds. The zero-order chi connectivity index (χ0) is 27.8. The molecule has 9 heteroatoms. The lowest BCUT2D eigenvalue weighted by Crippen LogP contribution is -2.11. The lowest BCUT2D eigenvalue weighted by Gasteiger charge is -2.15. The third-order valence-electron chi connectivity index (χ3n) is 6.50. The second-order valence-corrected chi connectivity index (χ2v) is 8.76. The van der Waals surface area contributed by atoms with Crippen LogP contribution in [0.5, 0.6) is 34.5 Å². The van der Waals surface area contributed by atoms with E-state index in [9.17, 15) is 0 Å². The van der Waals surface area contributed by atoms with Crippen LogP contribution in [0.3, 0.4) is 0 Å². The smallest absolute Gasteiger partial charge is 0.160 e. The van der Waals surface area contributed by atoms with Crippen LogP contribution in [0.15, 0.2) is 54.6 Å². The van der Waals surface area contributed by atoms with Gasteiger partial charge in [-0.05, 0) is 58.3 Å². The van der Waals surface area contributed by atoms with Gasteiger partial charge in [-0.25, -0.2) is 0 Å². The first-order chi connectivity index (χ1) is 19.0. The highest BCUT2D eigenvalue weighted by atomic mass is 16.5. The second kappa shape index (κ2) is 12.8. The molecule has 0 saturated carbocycles. The standard InChI is InChI=1S/C30H33N3O6/c1-34-25-10-7-19(16-28(25)37-4)13-22-23(14-20-8-11-26(35-2)29(17-20)38-5)31-33-32-24(22)15-21-9-12-27(36-3)30(18-21)39-6/h7-12,16-18H,13-15H2,1-6H3. The van der Waals surface area contributed by atoms with E-state index in [-0.39, 0.29) is 0 Å². The molecule has 0 radical (unpaired) electrons. The highest BCUT2D eigenvalue weighted by molar-refractivity contribution is 5.48. The fraction of sp³-hybridized carbons (Fsp3) is 0.300. The van der Waals surface area contributed by atoms with Crippen LogP contribution < -0.4 is 28.4 Å².